The SMILES string of the molecule is CCCNCc1ccn(-c2cccc(Cl)c2F)n1. The van der Waals surface area contributed by atoms with E-state index in [1.54, 1.807) is 18.3 Å². The molecule has 1 N–H and O–H groups in total. The van der Waals surface area contributed by atoms with Gasteiger partial charge in [0, 0.05) is 12.7 Å². The first kappa shape index (κ1) is 13.1. The molecular formula is C13H15ClFN3. The first-order valence-electron chi connectivity index (χ1n) is 5.92. The number of rotatable bonds is 5. The molecule has 1 aromatic heterocycles. The van der Waals surface area contributed by atoms with Crippen molar-refractivity contribution in [2.75, 3.05) is 6.54 Å². The second-order valence-corrected chi connectivity index (χ2v) is 4.41. The van der Waals surface area contributed by atoms with Crippen LogP contribution in [0, 0.1) is 5.82 Å². The summed E-state index contributed by atoms with van der Waals surface area (Å²) < 4.78 is 15.3. The first-order valence-corrected chi connectivity index (χ1v) is 6.30. The highest BCUT2D eigenvalue weighted by Gasteiger charge is 2.09. The molecule has 0 saturated carbocycles. The van der Waals surface area contributed by atoms with E-state index in [1.165, 1.54) is 10.7 Å². The van der Waals surface area contributed by atoms with Gasteiger partial charge in [-0.3, -0.25) is 0 Å². The van der Waals surface area contributed by atoms with Crippen LogP contribution in [-0.4, -0.2) is 16.3 Å². The summed E-state index contributed by atoms with van der Waals surface area (Å²) in [6.45, 7) is 3.73. The minimum atomic E-state index is -0.449. The average molecular weight is 268 g/mol. The van der Waals surface area contributed by atoms with Gasteiger partial charge in [-0.15, -0.1) is 0 Å². The molecule has 0 aliphatic carbocycles. The maximum absolute atomic E-state index is 13.8. The van der Waals surface area contributed by atoms with Crippen molar-refractivity contribution >= 4 is 11.6 Å². The first-order chi connectivity index (χ1) is 8.72. The van der Waals surface area contributed by atoms with Gasteiger partial charge < -0.3 is 5.32 Å². The molecule has 18 heavy (non-hydrogen) atoms. The third-order valence-corrected chi connectivity index (χ3v) is 2.85. The molecule has 0 saturated heterocycles. The third kappa shape index (κ3) is 2.89. The van der Waals surface area contributed by atoms with E-state index in [1.807, 2.05) is 6.07 Å². The van der Waals surface area contributed by atoms with Gasteiger partial charge in [-0.2, -0.15) is 5.10 Å². The summed E-state index contributed by atoms with van der Waals surface area (Å²) >= 11 is 5.74. The Labute approximate surface area is 111 Å². The Morgan fingerprint density at radius 2 is 2.22 bits per heavy atom. The van der Waals surface area contributed by atoms with Crippen molar-refractivity contribution in [1.29, 1.82) is 0 Å². The van der Waals surface area contributed by atoms with E-state index < -0.39 is 5.82 Å². The lowest BCUT2D eigenvalue weighted by Crippen LogP contribution is -2.14. The monoisotopic (exact) mass is 267 g/mol. The lowest BCUT2D eigenvalue weighted by molar-refractivity contribution is 0.607. The molecule has 2 rings (SSSR count). The van der Waals surface area contributed by atoms with E-state index in [4.69, 9.17) is 11.6 Å². The van der Waals surface area contributed by atoms with E-state index in [9.17, 15) is 4.39 Å². The maximum Gasteiger partial charge on any atom is 0.167 e. The molecule has 0 spiro atoms. The second-order valence-electron chi connectivity index (χ2n) is 4.00. The number of hydrogen-bond acceptors (Lipinski definition) is 2. The van der Waals surface area contributed by atoms with E-state index in [-0.39, 0.29) is 5.02 Å². The smallest absolute Gasteiger partial charge is 0.167 e. The summed E-state index contributed by atoms with van der Waals surface area (Å²) in [6, 6.07) is 6.74. The molecule has 0 aliphatic heterocycles. The molecule has 1 heterocycles. The molecular weight excluding hydrogens is 253 g/mol. The quantitative estimate of drug-likeness (QED) is 0.844. The zero-order chi connectivity index (χ0) is 13.0. The summed E-state index contributed by atoms with van der Waals surface area (Å²) in [5.74, 6) is -0.449. The largest absolute Gasteiger partial charge is 0.311 e. The van der Waals surface area contributed by atoms with Gasteiger partial charge >= 0.3 is 0 Å². The molecule has 0 unspecified atom stereocenters. The number of halogens is 2. The van der Waals surface area contributed by atoms with Crippen LogP contribution in [0.4, 0.5) is 4.39 Å². The molecule has 0 amide bonds. The van der Waals surface area contributed by atoms with Gasteiger partial charge in [-0.25, -0.2) is 9.07 Å². The normalized spacial score (nSPS) is 10.8. The summed E-state index contributed by atoms with van der Waals surface area (Å²) in [5.41, 5.74) is 1.24. The Balaban J connectivity index is 2.16. The van der Waals surface area contributed by atoms with Gasteiger partial charge in [0.1, 0.15) is 5.69 Å². The topological polar surface area (TPSA) is 29.9 Å². The van der Waals surface area contributed by atoms with Crippen molar-refractivity contribution in [3.63, 3.8) is 0 Å². The van der Waals surface area contributed by atoms with Crippen LogP contribution >= 0.6 is 11.6 Å². The predicted octanol–water partition coefficient (Wildman–Crippen LogP) is 3.16. The van der Waals surface area contributed by atoms with Crippen LogP contribution in [0.15, 0.2) is 30.5 Å². The van der Waals surface area contributed by atoms with Crippen LogP contribution in [0.25, 0.3) is 5.69 Å². The number of hydrogen-bond donors (Lipinski definition) is 1. The lowest BCUT2D eigenvalue weighted by Gasteiger charge is -2.04. The van der Waals surface area contributed by atoms with Crippen LogP contribution in [0.3, 0.4) is 0 Å². The molecule has 0 radical (unpaired) electrons. The second kappa shape index (κ2) is 5.98. The molecule has 1 aromatic carbocycles. The molecule has 96 valence electrons. The fourth-order valence-electron chi connectivity index (χ4n) is 1.65. The molecule has 2 aromatic rings. The van der Waals surface area contributed by atoms with Crippen molar-refractivity contribution in [2.45, 2.75) is 19.9 Å². The van der Waals surface area contributed by atoms with Crippen molar-refractivity contribution in [2.24, 2.45) is 0 Å². The van der Waals surface area contributed by atoms with E-state index >= 15 is 0 Å². The molecule has 0 fully saturated rings. The summed E-state index contributed by atoms with van der Waals surface area (Å²) in [6.07, 6.45) is 2.81. The average Bonchev–Trinajstić information content (AvgIpc) is 2.82. The fraction of sp³-hybridized carbons (Fsp3) is 0.308. The van der Waals surface area contributed by atoms with Crippen LogP contribution in [-0.2, 0) is 6.54 Å². The highest BCUT2D eigenvalue weighted by atomic mass is 35.5. The molecule has 0 bridgehead atoms. The lowest BCUT2D eigenvalue weighted by atomic mass is 10.3. The Morgan fingerprint density at radius 1 is 1.39 bits per heavy atom. The van der Waals surface area contributed by atoms with Crippen molar-refractivity contribution in [3.8, 4) is 5.69 Å². The van der Waals surface area contributed by atoms with Gasteiger partial charge in [-0.05, 0) is 31.2 Å². The highest BCUT2D eigenvalue weighted by molar-refractivity contribution is 6.30. The van der Waals surface area contributed by atoms with E-state index in [2.05, 4.69) is 17.3 Å². The zero-order valence-corrected chi connectivity index (χ0v) is 10.9. The minimum Gasteiger partial charge on any atom is -0.311 e. The van der Waals surface area contributed by atoms with E-state index in [0.717, 1.165) is 18.7 Å². The van der Waals surface area contributed by atoms with Crippen LogP contribution < -0.4 is 5.32 Å². The highest BCUT2D eigenvalue weighted by Crippen LogP contribution is 2.20. The zero-order valence-electron chi connectivity index (χ0n) is 10.2. The molecule has 3 nitrogen and oxygen atoms in total. The van der Waals surface area contributed by atoms with Crippen LogP contribution in [0.1, 0.15) is 19.0 Å². The van der Waals surface area contributed by atoms with Gasteiger partial charge in [0.05, 0.1) is 10.7 Å². The van der Waals surface area contributed by atoms with Gasteiger partial charge in [0.15, 0.2) is 5.82 Å². The maximum atomic E-state index is 13.8. The Morgan fingerprint density at radius 3 is 3.00 bits per heavy atom. The van der Waals surface area contributed by atoms with E-state index in [0.29, 0.717) is 12.2 Å². The Kier molecular flexibility index (Phi) is 4.33. The van der Waals surface area contributed by atoms with Crippen molar-refractivity contribution < 1.29 is 4.39 Å². The Bertz CT molecular complexity index is 525. The fourth-order valence-corrected chi connectivity index (χ4v) is 1.82. The number of nitrogens with one attached hydrogen (secondary N) is 1. The van der Waals surface area contributed by atoms with Crippen LogP contribution in [0.2, 0.25) is 5.02 Å². The van der Waals surface area contributed by atoms with Crippen molar-refractivity contribution in [1.82, 2.24) is 15.1 Å². The van der Waals surface area contributed by atoms with Gasteiger partial charge in [-0.1, -0.05) is 24.6 Å². The standard InChI is InChI=1S/C13H15ClFN3/c1-2-7-16-9-10-6-8-18(17-10)12-5-3-4-11(14)13(12)15/h3-6,8,16H,2,7,9H2,1H3. The third-order valence-electron chi connectivity index (χ3n) is 2.56. The van der Waals surface area contributed by atoms with Gasteiger partial charge in [0.2, 0.25) is 0 Å². The molecule has 0 atom stereocenters. The number of nitrogens with zero attached hydrogens (tertiary/aromatic N) is 2. The van der Waals surface area contributed by atoms with Crippen molar-refractivity contribution in [3.05, 3.63) is 47.0 Å². The summed E-state index contributed by atoms with van der Waals surface area (Å²) in [4.78, 5) is 0. The number of benzene rings is 1. The van der Waals surface area contributed by atoms with Gasteiger partial charge in [0.25, 0.3) is 0 Å². The van der Waals surface area contributed by atoms with Crippen LogP contribution in [0.5, 0.6) is 0 Å². The molecule has 0 aliphatic rings. The summed E-state index contributed by atoms with van der Waals surface area (Å²) in [7, 11) is 0. The minimum absolute atomic E-state index is 0.105. The number of aromatic nitrogens is 2. The predicted molar refractivity (Wildman–Crippen MR) is 70.5 cm³/mol. The molecule has 5 heteroatoms. The Hall–Kier alpha value is -1.39. The summed E-state index contributed by atoms with van der Waals surface area (Å²) in [5, 5.41) is 7.66.